The molecular weight excluding hydrogens is 392 g/mol. The summed E-state index contributed by atoms with van der Waals surface area (Å²) in [6, 6.07) is 12.9. The van der Waals surface area contributed by atoms with Crippen LogP contribution in [0.1, 0.15) is 26.6 Å². The van der Waals surface area contributed by atoms with Crippen molar-refractivity contribution in [3.05, 3.63) is 48.3 Å². The van der Waals surface area contributed by atoms with Crippen molar-refractivity contribution in [3.8, 4) is 22.6 Å². The molecule has 150 valence electrons. The lowest BCUT2D eigenvalue weighted by Crippen LogP contribution is -2.14. The smallest absolute Gasteiger partial charge is 0.368 e. The number of nitrogens with one attached hydrogen (secondary N) is 1. The first-order valence-corrected chi connectivity index (χ1v) is 10.2. The van der Waals surface area contributed by atoms with E-state index in [-0.39, 0.29) is 22.5 Å². The monoisotopic (exact) mass is 412 g/mol. The number of fused-ring (bicyclic) bond motifs is 1. The van der Waals surface area contributed by atoms with Crippen LogP contribution in [0.5, 0.6) is 0 Å². The van der Waals surface area contributed by atoms with Gasteiger partial charge in [0.2, 0.25) is 5.95 Å². The maximum atomic E-state index is 11.7. The number of hydrogen-bond donors (Lipinski definition) is 3. The molecule has 9 nitrogen and oxygen atoms in total. The molecule has 29 heavy (non-hydrogen) atoms. The number of H-pyrrole nitrogens is 1. The highest BCUT2D eigenvalue weighted by Crippen LogP contribution is 2.33. The van der Waals surface area contributed by atoms with Crippen molar-refractivity contribution in [2.75, 3.05) is 5.73 Å². The molecule has 0 spiro atoms. The number of rotatable bonds is 3. The molecule has 0 aliphatic carbocycles. The van der Waals surface area contributed by atoms with Crippen LogP contribution in [0.15, 0.2) is 42.5 Å². The summed E-state index contributed by atoms with van der Waals surface area (Å²) in [7, 11) is -4.66. The zero-order chi connectivity index (χ0) is 21.0. The Kier molecular flexibility index (Phi) is 4.21. The highest BCUT2D eigenvalue weighted by atomic mass is 32.2. The molecule has 4 rings (SSSR count). The van der Waals surface area contributed by atoms with Crippen LogP contribution in [-0.4, -0.2) is 36.9 Å². The number of nitrogens with two attached hydrogens (primary N) is 1. The van der Waals surface area contributed by atoms with Gasteiger partial charge in [0.15, 0.2) is 5.65 Å². The minimum absolute atomic E-state index is 0.0616. The molecule has 3 heterocycles. The number of benzene rings is 1. The molecule has 4 aromatic rings. The maximum Gasteiger partial charge on any atom is 0.368 e. The highest BCUT2D eigenvalue weighted by Gasteiger charge is 2.25. The van der Waals surface area contributed by atoms with Crippen molar-refractivity contribution < 1.29 is 13.0 Å². The molecule has 0 aliphatic rings. The third-order valence-corrected chi connectivity index (χ3v) is 5.26. The van der Waals surface area contributed by atoms with E-state index in [1.165, 1.54) is 0 Å². The third kappa shape index (κ3) is 3.36. The average molecular weight is 412 g/mol. The largest absolute Gasteiger partial charge is 0.368 e. The van der Waals surface area contributed by atoms with Gasteiger partial charge in [-0.2, -0.15) is 12.4 Å². The standard InChI is InChI=1S/C19H20N6O3S/c1-19(2,3)17-23-14(11-7-5-4-6-8-11)15(24-17)12-9-10-13-16(21-12)25(18(20)22-13)29(26,27)28/h4-10H,1-3H3,(H2,20,22)(H,23,24)(H,26,27,28). The van der Waals surface area contributed by atoms with E-state index in [4.69, 9.17) is 10.7 Å². The molecular formula is C19H20N6O3S. The van der Waals surface area contributed by atoms with Gasteiger partial charge in [0.05, 0.1) is 17.1 Å². The summed E-state index contributed by atoms with van der Waals surface area (Å²) in [6.07, 6.45) is 0. The lowest BCUT2D eigenvalue weighted by Gasteiger charge is -2.14. The Balaban J connectivity index is 1.99. The predicted molar refractivity (Wildman–Crippen MR) is 111 cm³/mol. The molecule has 0 saturated heterocycles. The minimum atomic E-state index is -4.66. The van der Waals surface area contributed by atoms with Crippen LogP contribution in [0.3, 0.4) is 0 Å². The van der Waals surface area contributed by atoms with Gasteiger partial charge in [-0.05, 0) is 12.1 Å². The number of hydrogen-bond acceptors (Lipinski definition) is 6. The normalized spacial score (nSPS) is 12.6. The molecule has 3 aromatic heterocycles. The molecule has 0 unspecified atom stereocenters. The second kappa shape index (κ2) is 6.39. The Hall–Kier alpha value is -3.24. The fraction of sp³-hybridized carbons (Fsp3) is 0.211. The third-order valence-electron chi connectivity index (χ3n) is 4.44. The Morgan fingerprint density at radius 2 is 1.72 bits per heavy atom. The molecule has 0 aliphatic heterocycles. The van der Waals surface area contributed by atoms with Gasteiger partial charge in [-0.15, -0.1) is 0 Å². The van der Waals surface area contributed by atoms with E-state index in [9.17, 15) is 13.0 Å². The van der Waals surface area contributed by atoms with E-state index >= 15 is 0 Å². The van der Waals surface area contributed by atoms with Gasteiger partial charge in [-0.3, -0.25) is 4.55 Å². The van der Waals surface area contributed by atoms with Gasteiger partial charge in [-0.25, -0.2) is 15.0 Å². The van der Waals surface area contributed by atoms with Crippen molar-refractivity contribution in [2.45, 2.75) is 26.2 Å². The number of aromatic nitrogens is 5. The Morgan fingerprint density at radius 3 is 2.34 bits per heavy atom. The molecule has 0 bridgehead atoms. The number of nitrogens with zero attached hydrogens (tertiary/aromatic N) is 4. The maximum absolute atomic E-state index is 11.7. The molecule has 4 N–H and O–H groups in total. The van der Waals surface area contributed by atoms with E-state index in [2.05, 4.69) is 15.0 Å². The molecule has 0 atom stereocenters. The summed E-state index contributed by atoms with van der Waals surface area (Å²) < 4.78 is 33.5. The summed E-state index contributed by atoms with van der Waals surface area (Å²) >= 11 is 0. The first kappa shape index (κ1) is 19.1. The van der Waals surface area contributed by atoms with Gasteiger partial charge >= 0.3 is 10.3 Å². The van der Waals surface area contributed by atoms with E-state index in [1.807, 2.05) is 51.1 Å². The zero-order valence-electron chi connectivity index (χ0n) is 16.1. The number of pyridine rings is 1. The van der Waals surface area contributed by atoms with Crippen LogP contribution in [0.2, 0.25) is 0 Å². The van der Waals surface area contributed by atoms with Gasteiger partial charge in [-0.1, -0.05) is 51.1 Å². The van der Waals surface area contributed by atoms with Crippen molar-refractivity contribution >= 4 is 27.4 Å². The quantitative estimate of drug-likeness (QED) is 0.439. The molecule has 0 saturated carbocycles. The van der Waals surface area contributed by atoms with Crippen molar-refractivity contribution in [1.82, 2.24) is 23.9 Å². The number of anilines is 1. The first-order chi connectivity index (χ1) is 13.6. The van der Waals surface area contributed by atoms with Gasteiger partial charge in [0, 0.05) is 11.0 Å². The first-order valence-electron chi connectivity index (χ1n) is 8.85. The second-order valence-electron chi connectivity index (χ2n) is 7.68. The number of nitrogen functional groups attached to an aromatic ring is 1. The fourth-order valence-electron chi connectivity index (χ4n) is 3.04. The summed E-state index contributed by atoms with van der Waals surface area (Å²) in [5.74, 6) is 0.395. The summed E-state index contributed by atoms with van der Waals surface area (Å²) in [5.41, 5.74) is 8.26. The molecule has 0 amide bonds. The van der Waals surface area contributed by atoms with Crippen LogP contribution in [0, 0.1) is 0 Å². The van der Waals surface area contributed by atoms with E-state index in [0.717, 1.165) is 11.4 Å². The summed E-state index contributed by atoms with van der Waals surface area (Å²) in [4.78, 5) is 16.5. The summed E-state index contributed by atoms with van der Waals surface area (Å²) in [5, 5.41) is 0. The molecule has 1 aromatic carbocycles. The Morgan fingerprint density at radius 1 is 1.03 bits per heavy atom. The predicted octanol–water partition coefficient (Wildman–Crippen LogP) is 3.02. The minimum Gasteiger partial charge on any atom is -0.368 e. The molecule has 10 heteroatoms. The lowest BCUT2D eigenvalue weighted by atomic mass is 9.96. The van der Waals surface area contributed by atoms with Crippen LogP contribution in [0.25, 0.3) is 33.8 Å². The van der Waals surface area contributed by atoms with Crippen LogP contribution >= 0.6 is 0 Å². The Bertz CT molecular complexity index is 1320. The lowest BCUT2D eigenvalue weighted by molar-refractivity contribution is 0.474. The average Bonchev–Trinajstić information content (AvgIpc) is 3.21. The topological polar surface area (TPSA) is 140 Å². The van der Waals surface area contributed by atoms with Crippen LogP contribution in [0.4, 0.5) is 5.95 Å². The van der Waals surface area contributed by atoms with Crippen LogP contribution < -0.4 is 5.73 Å². The summed E-state index contributed by atoms with van der Waals surface area (Å²) in [6.45, 7) is 6.11. The molecule has 0 radical (unpaired) electrons. The van der Waals surface area contributed by atoms with Gasteiger partial charge in [0.25, 0.3) is 0 Å². The van der Waals surface area contributed by atoms with Crippen molar-refractivity contribution in [3.63, 3.8) is 0 Å². The zero-order valence-corrected chi connectivity index (χ0v) is 16.9. The Labute approximate surface area is 167 Å². The SMILES string of the molecule is CC(C)(C)c1nc(-c2ccccc2)c(-c2ccc3nc(N)n(S(=O)(=O)O)c3n2)[nH]1. The number of imidazole rings is 2. The number of aromatic amines is 1. The van der Waals surface area contributed by atoms with Crippen LogP contribution in [-0.2, 0) is 15.7 Å². The fourth-order valence-corrected chi connectivity index (χ4v) is 3.67. The van der Waals surface area contributed by atoms with E-state index in [0.29, 0.717) is 21.1 Å². The van der Waals surface area contributed by atoms with Gasteiger partial charge in [0.1, 0.15) is 11.3 Å². The van der Waals surface area contributed by atoms with E-state index < -0.39 is 10.3 Å². The van der Waals surface area contributed by atoms with Crippen molar-refractivity contribution in [2.24, 2.45) is 0 Å². The second-order valence-corrected chi connectivity index (χ2v) is 8.94. The van der Waals surface area contributed by atoms with Crippen molar-refractivity contribution in [1.29, 1.82) is 0 Å². The van der Waals surface area contributed by atoms with Gasteiger partial charge < -0.3 is 10.7 Å². The molecule has 0 fully saturated rings. The highest BCUT2D eigenvalue weighted by molar-refractivity contribution is 7.84. The van der Waals surface area contributed by atoms with E-state index in [1.54, 1.807) is 12.1 Å².